The van der Waals surface area contributed by atoms with Gasteiger partial charge in [-0.05, 0) is 42.0 Å². The Kier molecular flexibility index (Phi) is 3.75. The van der Waals surface area contributed by atoms with E-state index in [1.54, 1.807) is 42.7 Å². The summed E-state index contributed by atoms with van der Waals surface area (Å²) in [5, 5.41) is 2.80. The van der Waals surface area contributed by atoms with Crippen LogP contribution in [0.3, 0.4) is 0 Å². The summed E-state index contributed by atoms with van der Waals surface area (Å²) in [6.07, 6.45) is 3.24. The van der Waals surface area contributed by atoms with Crippen molar-refractivity contribution in [2.75, 3.05) is 5.32 Å². The third kappa shape index (κ3) is 3.14. The van der Waals surface area contributed by atoms with Crippen LogP contribution in [-0.2, 0) is 0 Å². The zero-order chi connectivity index (χ0) is 14.7. The van der Waals surface area contributed by atoms with Crippen LogP contribution >= 0.6 is 11.3 Å². The highest BCUT2D eigenvalue weighted by Gasteiger charge is 2.10. The Morgan fingerprint density at radius 2 is 1.71 bits per heavy atom. The first-order valence-corrected chi connectivity index (χ1v) is 7.11. The first-order chi connectivity index (χ1) is 10.2. The van der Waals surface area contributed by atoms with Crippen molar-refractivity contribution in [3.8, 4) is 10.4 Å². The zero-order valence-corrected chi connectivity index (χ0v) is 11.7. The van der Waals surface area contributed by atoms with Crippen molar-refractivity contribution in [3.05, 3.63) is 71.6 Å². The number of thiophene rings is 1. The first-order valence-electron chi connectivity index (χ1n) is 6.29. The maximum Gasteiger partial charge on any atom is 0.265 e. The average molecular weight is 298 g/mol. The molecule has 0 atom stereocenters. The van der Waals surface area contributed by atoms with Gasteiger partial charge in [0, 0.05) is 23.0 Å². The fourth-order valence-corrected chi connectivity index (χ4v) is 2.76. The predicted molar refractivity (Wildman–Crippen MR) is 81.9 cm³/mol. The summed E-state index contributed by atoms with van der Waals surface area (Å²) in [5.74, 6) is -0.439. The van der Waals surface area contributed by atoms with E-state index in [0.717, 1.165) is 10.4 Å². The number of hydrogen-bond acceptors (Lipinski definition) is 3. The molecule has 0 aliphatic heterocycles. The van der Waals surface area contributed by atoms with E-state index in [1.807, 2.05) is 6.07 Å². The molecule has 3 nitrogen and oxygen atoms in total. The molecule has 0 unspecified atom stereocenters. The second kappa shape index (κ2) is 5.85. The molecule has 0 radical (unpaired) electrons. The molecule has 0 saturated heterocycles. The standard InChI is InChI=1S/C16H11FN2OS/c17-12-3-1-11(2-4-12)14-5-6-15(21-14)16(20)19-13-7-9-18-10-8-13/h1-10H,(H,18,19,20). The molecule has 5 heteroatoms. The van der Waals surface area contributed by atoms with E-state index >= 15 is 0 Å². The number of rotatable bonds is 3. The van der Waals surface area contributed by atoms with Gasteiger partial charge in [-0.2, -0.15) is 0 Å². The van der Waals surface area contributed by atoms with Crippen LogP contribution < -0.4 is 5.32 Å². The van der Waals surface area contributed by atoms with E-state index in [0.29, 0.717) is 10.6 Å². The summed E-state index contributed by atoms with van der Waals surface area (Å²) in [6.45, 7) is 0. The number of carbonyl (C=O) groups excluding carboxylic acids is 1. The van der Waals surface area contributed by atoms with E-state index < -0.39 is 0 Å². The Bertz CT molecular complexity index is 753. The number of halogens is 1. The van der Waals surface area contributed by atoms with E-state index in [1.165, 1.54) is 23.5 Å². The van der Waals surface area contributed by atoms with Crippen LogP contribution in [0.15, 0.2) is 60.9 Å². The normalized spacial score (nSPS) is 10.3. The topological polar surface area (TPSA) is 42.0 Å². The number of hydrogen-bond donors (Lipinski definition) is 1. The molecule has 2 aromatic heterocycles. The molecular formula is C16H11FN2OS. The van der Waals surface area contributed by atoms with Crippen LogP contribution in [0.4, 0.5) is 10.1 Å². The van der Waals surface area contributed by atoms with Gasteiger partial charge in [-0.25, -0.2) is 4.39 Å². The summed E-state index contributed by atoms with van der Waals surface area (Å²) < 4.78 is 12.9. The molecule has 3 aromatic rings. The maximum absolute atomic E-state index is 12.9. The van der Waals surface area contributed by atoms with Crippen molar-refractivity contribution in [1.29, 1.82) is 0 Å². The minimum Gasteiger partial charge on any atom is -0.321 e. The number of aromatic nitrogens is 1. The van der Waals surface area contributed by atoms with Crippen LogP contribution in [0.25, 0.3) is 10.4 Å². The predicted octanol–water partition coefficient (Wildman–Crippen LogP) is 4.20. The molecule has 3 rings (SSSR count). The third-order valence-electron chi connectivity index (χ3n) is 2.90. The molecule has 2 heterocycles. The van der Waals surface area contributed by atoms with E-state index in [2.05, 4.69) is 10.3 Å². The molecular weight excluding hydrogens is 287 g/mol. The van der Waals surface area contributed by atoms with Crippen LogP contribution in [-0.4, -0.2) is 10.9 Å². The van der Waals surface area contributed by atoms with Crippen LogP contribution in [0, 0.1) is 5.82 Å². The second-order valence-electron chi connectivity index (χ2n) is 4.36. The van der Waals surface area contributed by atoms with Gasteiger partial charge in [-0.1, -0.05) is 12.1 Å². The molecule has 1 aromatic carbocycles. The number of benzene rings is 1. The summed E-state index contributed by atoms with van der Waals surface area (Å²) in [4.78, 5) is 17.6. The van der Waals surface area contributed by atoms with Crippen molar-refractivity contribution >= 4 is 22.9 Å². The molecule has 1 N–H and O–H groups in total. The molecule has 0 saturated carbocycles. The second-order valence-corrected chi connectivity index (χ2v) is 5.44. The molecule has 0 bridgehead atoms. The van der Waals surface area contributed by atoms with Gasteiger partial charge in [0.25, 0.3) is 5.91 Å². The van der Waals surface area contributed by atoms with Crippen LogP contribution in [0.2, 0.25) is 0 Å². The monoisotopic (exact) mass is 298 g/mol. The number of nitrogens with one attached hydrogen (secondary N) is 1. The van der Waals surface area contributed by atoms with Crippen molar-refractivity contribution in [3.63, 3.8) is 0 Å². The molecule has 104 valence electrons. The Labute approximate surface area is 125 Å². The minimum absolute atomic E-state index is 0.167. The lowest BCUT2D eigenvalue weighted by molar-refractivity contribution is 0.103. The maximum atomic E-state index is 12.9. The van der Waals surface area contributed by atoms with Gasteiger partial charge in [-0.3, -0.25) is 9.78 Å². The highest BCUT2D eigenvalue weighted by molar-refractivity contribution is 7.17. The quantitative estimate of drug-likeness (QED) is 0.787. The van der Waals surface area contributed by atoms with Crippen LogP contribution in [0.1, 0.15) is 9.67 Å². The van der Waals surface area contributed by atoms with Gasteiger partial charge < -0.3 is 5.32 Å². The summed E-state index contributed by atoms with van der Waals surface area (Å²) >= 11 is 1.37. The average Bonchev–Trinajstić information content (AvgIpc) is 2.99. The fourth-order valence-electron chi connectivity index (χ4n) is 1.86. The van der Waals surface area contributed by atoms with Gasteiger partial charge in [0.1, 0.15) is 5.82 Å². The highest BCUT2D eigenvalue weighted by Crippen LogP contribution is 2.28. The van der Waals surface area contributed by atoms with Gasteiger partial charge in [0.05, 0.1) is 4.88 Å². The smallest absolute Gasteiger partial charge is 0.265 e. The van der Waals surface area contributed by atoms with E-state index in [-0.39, 0.29) is 11.7 Å². The van der Waals surface area contributed by atoms with Gasteiger partial charge >= 0.3 is 0 Å². The number of amides is 1. The van der Waals surface area contributed by atoms with Gasteiger partial charge in [0.15, 0.2) is 0 Å². The molecule has 0 aliphatic rings. The summed E-state index contributed by atoms with van der Waals surface area (Å²) in [6, 6.07) is 13.3. The highest BCUT2D eigenvalue weighted by atomic mass is 32.1. The van der Waals surface area contributed by atoms with E-state index in [9.17, 15) is 9.18 Å². The van der Waals surface area contributed by atoms with Crippen molar-refractivity contribution in [2.45, 2.75) is 0 Å². The molecule has 1 amide bonds. The largest absolute Gasteiger partial charge is 0.321 e. The zero-order valence-electron chi connectivity index (χ0n) is 10.9. The molecule has 0 aliphatic carbocycles. The van der Waals surface area contributed by atoms with Crippen molar-refractivity contribution in [2.24, 2.45) is 0 Å². The van der Waals surface area contributed by atoms with E-state index in [4.69, 9.17) is 0 Å². The number of nitrogens with zero attached hydrogens (tertiary/aromatic N) is 1. The van der Waals surface area contributed by atoms with Crippen molar-refractivity contribution < 1.29 is 9.18 Å². The SMILES string of the molecule is O=C(Nc1ccncc1)c1ccc(-c2ccc(F)cc2)s1. The fraction of sp³-hybridized carbons (Fsp3) is 0. The summed E-state index contributed by atoms with van der Waals surface area (Å²) in [5.41, 5.74) is 1.59. The van der Waals surface area contributed by atoms with Gasteiger partial charge in [0.2, 0.25) is 0 Å². The Balaban J connectivity index is 1.78. The number of carbonyl (C=O) groups is 1. The van der Waals surface area contributed by atoms with Crippen LogP contribution in [0.5, 0.6) is 0 Å². The molecule has 0 fully saturated rings. The molecule has 0 spiro atoms. The summed E-state index contributed by atoms with van der Waals surface area (Å²) in [7, 11) is 0. The first kappa shape index (κ1) is 13.5. The molecule has 21 heavy (non-hydrogen) atoms. The Morgan fingerprint density at radius 3 is 2.43 bits per heavy atom. The number of pyridine rings is 1. The Hall–Kier alpha value is -2.53. The number of anilines is 1. The van der Waals surface area contributed by atoms with Crippen molar-refractivity contribution in [1.82, 2.24) is 4.98 Å². The lowest BCUT2D eigenvalue weighted by Gasteiger charge is -2.02. The lowest BCUT2D eigenvalue weighted by atomic mass is 10.2. The minimum atomic E-state index is -0.272. The van der Waals surface area contributed by atoms with Gasteiger partial charge in [-0.15, -0.1) is 11.3 Å². The Morgan fingerprint density at radius 1 is 1.00 bits per heavy atom. The third-order valence-corrected chi connectivity index (χ3v) is 4.03. The lowest BCUT2D eigenvalue weighted by Crippen LogP contribution is -2.09.